The van der Waals surface area contributed by atoms with Gasteiger partial charge in [-0.25, -0.2) is 4.79 Å². The summed E-state index contributed by atoms with van der Waals surface area (Å²) in [5, 5.41) is 13.0. The van der Waals surface area contributed by atoms with Gasteiger partial charge in [0.1, 0.15) is 5.00 Å². The average molecular weight is 450 g/mol. The number of carboxylic acids is 1. The molecule has 3 aliphatic rings. The van der Waals surface area contributed by atoms with Crippen LogP contribution in [0.5, 0.6) is 0 Å². The molecule has 2 N–H and O–H groups in total. The maximum absolute atomic E-state index is 13.2. The number of hydrogen-bond acceptors (Lipinski definition) is 6. The molecule has 1 amide bonds. The summed E-state index contributed by atoms with van der Waals surface area (Å²) in [7, 11) is 1.34. The van der Waals surface area contributed by atoms with Crippen LogP contribution in [0.3, 0.4) is 0 Å². The van der Waals surface area contributed by atoms with E-state index in [0.29, 0.717) is 29.3 Å². The molecule has 0 radical (unpaired) electrons. The first-order valence-corrected chi connectivity index (χ1v) is 11.9. The van der Waals surface area contributed by atoms with Gasteiger partial charge in [-0.15, -0.1) is 11.3 Å². The van der Waals surface area contributed by atoms with E-state index in [1.807, 2.05) is 0 Å². The smallest absolute Gasteiger partial charge is 0.341 e. The molecule has 0 unspecified atom stereocenters. The third kappa shape index (κ3) is 3.78. The number of nitrogens with one attached hydrogen (secondary N) is 1. The highest BCUT2D eigenvalue weighted by molar-refractivity contribution is 7.17. The van der Waals surface area contributed by atoms with Gasteiger partial charge in [-0.05, 0) is 49.0 Å². The van der Waals surface area contributed by atoms with Gasteiger partial charge in [0.25, 0.3) is 0 Å². The highest BCUT2D eigenvalue weighted by atomic mass is 32.1. The zero-order valence-corrected chi connectivity index (χ0v) is 19.3. The molecule has 3 heterocycles. The fourth-order valence-corrected chi connectivity index (χ4v) is 6.79. The number of ether oxygens (including phenoxy) is 2. The van der Waals surface area contributed by atoms with Crippen LogP contribution in [0.25, 0.3) is 0 Å². The van der Waals surface area contributed by atoms with Crippen molar-refractivity contribution in [2.45, 2.75) is 71.5 Å². The highest BCUT2D eigenvalue weighted by Gasteiger charge is 2.55. The number of rotatable bonds is 6. The van der Waals surface area contributed by atoms with Crippen LogP contribution in [-0.2, 0) is 31.9 Å². The van der Waals surface area contributed by atoms with E-state index in [1.54, 1.807) is 0 Å². The number of carbonyl (C=O) groups is 3. The van der Waals surface area contributed by atoms with Crippen LogP contribution in [0, 0.1) is 23.2 Å². The lowest BCUT2D eigenvalue weighted by molar-refractivity contribution is -0.147. The van der Waals surface area contributed by atoms with Crippen molar-refractivity contribution in [3.05, 3.63) is 16.0 Å². The summed E-state index contributed by atoms with van der Waals surface area (Å²) in [6.07, 6.45) is 4.27. The Hall–Kier alpha value is -1.93. The molecule has 7 nitrogen and oxygen atoms in total. The molecule has 1 aromatic heterocycles. The number of carboxylic acid groups (broad SMARTS) is 1. The van der Waals surface area contributed by atoms with Gasteiger partial charge in [-0.2, -0.15) is 0 Å². The van der Waals surface area contributed by atoms with Crippen LogP contribution < -0.4 is 5.32 Å². The van der Waals surface area contributed by atoms with E-state index < -0.39 is 29.9 Å². The molecule has 0 aromatic carbocycles. The van der Waals surface area contributed by atoms with Crippen molar-refractivity contribution < 1.29 is 29.0 Å². The first kappa shape index (κ1) is 22.3. The van der Waals surface area contributed by atoms with Crippen molar-refractivity contribution in [1.82, 2.24) is 0 Å². The number of amides is 1. The summed E-state index contributed by atoms with van der Waals surface area (Å²) in [6, 6.07) is 0. The van der Waals surface area contributed by atoms with Gasteiger partial charge in [-0.3, -0.25) is 9.59 Å². The van der Waals surface area contributed by atoms with Crippen LogP contribution >= 0.6 is 11.3 Å². The summed E-state index contributed by atoms with van der Waals surface area (Å²) >= 11 is 1.43. The SMILES string of the molecule is CCC(C)(C)[C@@H]1CCc2c(sc(NC(=O)[C@@H]3[C@@H](C(=O)O)[C@H]4CC[C@H]3O4)c2C(=O)OC)C1. The lowest BCUT2D eigenvalue weighted by atomic mass is 9.69. The largest absolute Gasteiger partial charge is 0.481 e. The number of anilines is 1. The maximum atomic E-state index is 13.2. The van der Waals surface area contributed by atoms with Gasteiger partial charge in [0, 0.05) is 4.88 Å². The quantitative estimate of drug-likeness (QED) is 0.639. The predicted molar refractivity (Wildman–Crippen MR) is 116 cm³/mol. The van der Waals surface area contributed by atoms with E-state index in [0.717, 1.165) is 36.1 Å². The number of fused-ring (bicyclic) bond motifs is 3. The molecular formula is C23H31NO6S. The number of methoxy groups -OCH3 is 1. The summed E-state index contributed by atoms with van der Waals surface area (Å²) in [5.74, 6) is -2.92. The number of esters is 1. The van der Waals surface area contributed by atoms with Crippen molar-refractivity contribution in [1.29, 1.82) is 0 Å². The van der Waals surface area contributed by atoms with Crippen molar-refractivity contribution in [3.8, 4) is 0 Å². The molecule has 170 valence electrons. The Labute approximate surface area is 186 Å². The van der Waals surface area contributed by atoms with Crippen molar-refractivity contribution in [2.24, 2.45) is 23.2 Å². The topological polar surface area (TPSA) is 102 Å². The van der Waals surface area contributed by atoms with Crippen LogP contribution in [0.15, 0.2) is 0 Å². The van der Waals surface area contributed by atoms with Gasteiger partial charge in [0.15, 0.2) is 0 Å². The molecule has 31 heavy (non-hydrogen) atoms. The van der Waals surface area contributed by atoms with E-state index >= 15 is 0 Å². The standard InChI is InChI=1S/C23H31NO6S/c1-5-23(2,3)11-6-7-12-15(10-11)31-20(16(12)22(28)29-4)24-19(25)17-13-8-9-14(30-13)18(17)21(26)27/h11,13-14,17-18H,5-10H2,1-4H3,(H,24,25)(H,26,27)/t11-,13-,14-,17+,18+/m1/s1. The molecule has 5 atom stereocenters. The number of hydrogen-bond donors (Lipinski definition) is 2. The zero-order chi connectivity index (χ0) is 22.5. The molecule has 0 saturated carbocycles. The molecule has 8 heteroatoms. The fourth-order valence-electron chi connectivity index (χ4n) is 5.47. The normalized spacial score (nSPS) is 29.5. The third-order valence-corrected chi connectivity index (χ3v) is 8.94. The number of aliphatic carboxylic acids is 1. The van der Waals surface area contributed by atoms with Gasteiger partial charge < -0.3 is 19.9 Å². The summed E-state index contributed by atoms with van der Waals surface area (Å²) < 4.78 is 10.8. The summed E-state index contributed by atoms with van der Waals surface area (Å²) in [5.41, 5.74) is 1.60. The fraction of sp³-hybridized carbons (Fsp3) is 0.696. The second-order valence-corrected chi connectivity index (χ2v) is 10.8. The minimum Gasteiger partial charge on any atom is -0.481 e. The molecule has 1 aromatic rings. The molecule has 2 bridgehead atoms. The van der Waals surface area contributed by atoms with E-state index in [1.165, 1.54) is 18.4 Å². The Morgan fingerprint density at radius 2 is 1.87 bits per heavy atom. The van der Waals surface area contributed by atoms with Crippen molar-refractivity contribution in [3.63, 3.8) is 0 Å². The van der Waals surface area contributed by atoms with Gasteiger partial charge in [-0.1, -0.05) is 27.2 Å². The van der Waals surface area contributed by atoms with Crippen LogP contribution in [-0.4, -0.2) is 42.3 Å². The van der Waals surface area contributed by atoms with E-state index in [4.69, 9.17) is 9.47 Å². The molecule has 2 saturated heterocycles. The number of carbonyl (C=O) groups excluding carboxylic acids is 2. The van der Waals surface area contributed by atoms with E-state index in [2.05, 4.69) is 26.1 Å². The van der Waals surface area contributed by atoms with Crippen LogP contribution in [0.1, 0.15) is 67.3 Å². The van der Waals surface area contributed by atoms with E-state index in [9.17, 15) is 19.5 Å². The maximum Gasteiger partial charge on any atom is 0.341 e. The second-order valence-electron chi connectivity index (χ2n) is 9.65. The number of thiophene rings is 1. The Balaban J connectivity index is 1.62. The van der Waals surface area contributed by atoms with Crippen LogP contribution in [0.2, 0.25) is 0 Å². The minimum atomic E-state index is -1.00. The summed E-state index contributed by atoms with van der Waals surface area (Å²) in [4.78, 5) is 38.7. The van der Waals surface area contributed by atoms with Crippen LogP contribution in [0.4, 0.5) is 5.00 Å². The predicted octanol–water partition coefficient (Wildman–Crippen LogP) is 3.89. The first-order chi connectivity index (χ1) is 14.7. The Kier molecular flexibility index (Phi) is 5.89. The lowest BCUT2D eigenvalue weighted by Gasteiger charge is -2.36. The Morgan fingerprint density at radius 3 is 2.48 bits per heavy atom. The molecular weight excluding hydrogens is 418 g/mol. The van der Waals surface area contributed by atoms with Gasteiger partial charge in [0.2, 0.25) is 5.91 Å². The average Bonchev–Trinajstić information content (AvgIpc) is 3.44. The Morgan fingerprint density at radius 1 is 1.19 bits per heavy atom. The molecule has 0 spiro atoms. The molecule has 4 rings (SSSR count). The Bertz CT molecular complexity index is 906. The minimum absolute atomic E-state index is 0.200. The van der Waals surface area contributed by atoms with Gasteiger partial charge in [0.05, 0.1) is 36.7 Å². The highest BCUT2D eigenvalue weighted by Crippen LogP contribution is 2.47. The van der Waals surface area contributed by atoms with Crippen molar-refractivity contribution >= 4 is 34.2 Å². The van der Waals surface area contributed by atoms with Crippen molar-refractivity contribution in [2.75, 3.05) is 12.4 Å². The molecule has 2 fully saturated rings. The second kappa shape index (κ2) is 8.20. The first-order valence-electron chi connectivity index (χ1n) is 11.1. The van der Waals surface area contributed by atoms with Gasteiger partial charge >= 0.3 is 11.9 Å². The lowest BCUT2D eigenvalue weighted by Crippen LogP contribution is -2.41. The zero-order valence-electron chi connectivity index (χ0n) is 18.5. The monoisotopic (exact) mass is 449 g/mol. The summed E-state index contributed by atoms with van der Waals surface area (Å²) in [6.45, 7) is 6.76. The molecule has 2 aliphatic heterocycles. The van der Waals surface area contributed by atoms with E-state index in [-0.39, 0.29) is 17.4 Å². The molecule has 1 aliphatic carbocycles. The third-order valence-electron chi connectivity index (χ3n) is 7.77.